The van der Waals surface area contributed by atoms with Crippen LogP contribution in [0.5, 0.6) is 0 Å². The van der Waals surface area contributed by atoms with Gasteiger partial charge >= 0.3 is 0 Å². The Morgan fingerprint density at radius 3 is 2.79 bits per heavy atom. The summed E-state index contributed by atoms with van der Waals surface area (Å²) in [5.41, 5.74) is 2.43. The van der Waals surface area contributed by atoms with Crippen LogP contribution in [0.15, 0.2) is 6.07 Å². The van der Waals surface area contributed by atoms with Crippen LogP contribution in [0.25, 0.3) is 0 Å². The predicted octanol–water partition coefficient (Wildman–Crippen LogP) is 2.31. The van der Waals surface area contributed by atoms with E-state index < -0.39 is 0 Å². The SMILES string of the molecule is CCc1cc(CC)n(CCCC#N)n1. The van der Waals surface area contributed by atoms with Crippen molar-refractivity contribution in [1.29, 1.82) is 5.26 Å². The number of nitriles is 1. The summed E-state index contributed by atoms with van der Waals surface area (Å²) < 4.78 is 2.04. The van der Waals surface area contributed by atoms with E-state index in [1.165, 1.54) is 5.69 Å². The molecule has 0 aliphatic heterocycles. The van der Waals surface area contributed by atoms with Crippen LogP contribution in [-0.2, 0) is 19.4 Å². The number of unbranched alkanes of at least 4 members (excludes halogenated alkanes) is 1. The van der Waals surface area contributed by atoms with Gasteiger partial charge in [0.2, 0.25) is 0 Å². The molecule has 76 valence electrons. The third kappa shape index (κ3) is 2.59. The topological polar surface area (TPSA) is 41.6 Å². The summed E-state index contributed by atoms with van der Waals surface area (Å²) in [4.78, 5) is 0. The van der Waals surface area contributed by atoms with Gasteiger partial charge in [0.25, 0.3) is 0 Å². The second kappa shape index (κ2) is 5.43. The molecule has 0 bridgehead atoms. The van der Waals surface area contributed by atoms with Gasteiger partial charge in [0.1, 0.15) is 0 Å². The molecule has 1 rings (SSSR count). The molecule has 0 atom stereocenters. The minimum Gasteiger partial charge on any atom is -0.269 e. The Morgan fingerprint density at radius 1 is 1.43 bits per heavy atom. The first kappa shape index (κ1) is 10.8. The smallest absolute Gasteiger partial charge is 0.0624 e. The minimum atomic E-state index is 0.616. The third-order valence-corrected chi connectivity index (χ3v) is 2.30. The summed E-state index contributed by atoms with van der Waals surface area (Å²) in [7, 11) is 0. The lowest BCUT2D eigenvalue weighted by Crippen LogP contribution is -2.04. The van der Waals surface area contributed by atoms with Gasteiger partial charge in [-0.25, -0.2) is 0 Å². The van der Waals surface area contributed by atoms with E-state index in [4.69, 9.17) is 5.26 Å². The molecule has 1 aromatic heterocycles. The lowest BCUT2D eigenvalue weighted by molar-refractivity contribution is 0.557. The van der Waals surface area contributed by atoms with Crippen molar-refractivity contribution in [3.63, 3.8) is 0 Å². The van der Waals surface area contributed by atoms with Gasteiger partial charge < -0.3 is 0 Å². The summed E-state index contributed by atoms with van der Waals surface area (Å²) in [6, 6.07) is 4.31. The Labute approximate surface area is 85.4 Å². The van der Waals surface area contributed by atoms with Gasteiger partial charge in [-0.2, -0.15) is 10.4 Å². The first-order valence-corrected chi connectivity index (χ1v) is 5.24. The van der Waals surface area contributed by atoms with Crippen LogP contribution in [-0.4, -0.2) is 9.78 Å². The number of rotatable bonds is 5. The Balaban J connectivity index is 2.64. The molecule has 0 radical (unpaired) electrons. The van der Waals surface area contributed by atoms with E-state index in [2.05, 4.69) is 31.1 Å². The van der Waals surface area contributed by atoms with E-state index in [9.17, 15) is 0 Å². The molecule has 0 aliphatic carbocycles. The van der Waals surface area contributed by atoms with Crippen LogP contribution < -0.4 is 0 Å². The van der Waals surface area contributed by atoms with Crippen molar-refractivity contribution in [1.82, 2.24) is 9.78 Å². The summed E-state index contributed by atoms with van der Waals surface area (Å²) in [6.07, 6.45) is 3.51. The van der Waals surface area contributed by atoms with E-state index in [1.54, 1.807) is 0 Å². The molecule has 0 spiro atoms. The molecule has 1 heterocycles. The monoisotopic (exact) mass is 191 g/mol. The van der Waals surface area contributed by atoms with E-state index in [0.717, 1.165) is 31.5 Å². The quantitative estimate of drug-likeness (QED) is 0.670. The van der Waals surface area contributed by atoms with Crippen LogP contribution in [0.3, 0.4) is 0 Å². The number of aromatic nitrogens is 2. The van der Waals surface area contributed by atoms with Crippen LogP contribution in [0.4, 0.5) is 0 Å². The van der Waals surface area contributed by atoms with Crippen molar-refractivity contribution in [2.75, 3.05) is 0 Å². The molecule has 0 fully saturated rings. The molecule has 1 aromatic rings. The molecule has 0 saturated carbocycles. The average Bonchev–Trinajstić information content (AvgIpc) is 2.61. The fraction of sp³-hybridized carbons (Fsp3) is 0.636. The zero-order valence-electron chi connectivity index (χ0n) is 8.95. The molecule has 0 saturated heterocycles. The van der Waals surface area contributed by atoms with Crippen LogP contribution >= 0.6 is 0 Å². The van der Waals surface area contributed by atoms with Gasteiger partial charge in [0, 0.05) is 18.7 Å². The Bertz CT molecular complexity index is 320. The zero-order chi connectivity index (χ0) is 10.4. The van der Waals surface area contributed by atoms with Crippen LogP contribution in [0.2, 0.25) is 0 Å². The number of hydrogen-bond donors (Lipinski definition) is 0. The Kier molecular flexibility index (Phi) is 4.18. The number of hydrogen-bond acceptors (Lipinski definition) is 2. The molecule has 14 heavy (non-hydrogen) atoms. The Hall–Kier alpha value is -1.30. The summed E-state index contributed by atoms with van der Waals surface area (Å²) in [5, 5.41) is 12.9. The van der Waals surface area contributed by atoms with E-state index in [0.29, 0.717) is 6.42 Å². The highest BCUT2D eigenvalue weighted by atomic mass is 15.3. The van der Waals surface area contributed by atoms with Crippen molar-refractivity contribution in [3.8, 4) is 6.07 Å². The van der Waals surface area contributed by atoms with Gasteiger partial charge in [-0.05, 0) is 25.3 Å². The zero-order valence-corrected chi connectivity index (χ0v) is 8.95. The third-order valence-electron chi connectivity index (χ3n) is 2.30. The second-order valence-electron chi connectivity index (χ2n) is 3.32. The van der Waals surface area contributed by atoms with Crippen LogP contribution in [0, 0.1) is 11.3 Å². The first-order chi connectivity index (χ1) is 6.81. The maximum Gasteiger partial charge on any atom is 0.0624 e. The molecule has 3 nitrogen and oxygen atoms in total. The van der Waals surface area contributed by atoms with E-state index in [1.807, 2.05) is 4.68 Å². The maximum absolute atomic E-state index is 8.44. The summed E-state index contributed by atoms with van der Waals surface area (Å²) in [6.45, 7) is 5.12. The van der Waals surface area contributed by atoms with Crippen LogP contribution in [0.1, 0.15) is 38.1 Å². The normalized spacial score (nSPS) is 10.1. The largest absolute Gasteiger partial charge is 0.269 e. The van der Waals surface area contributed by atoms with Crippen molar-refractivity contribution < 1.29 is 0 Å². The molecule has 0 amide bonds. The second-order valence-corrected chi connectivity index (χ2v) is 3.32. The Morgan fingerprint density at radius 2 is 2.21 bits per heavy atom. The summed E-state index contributed by atoms with van der Waals surface area (Å²) in [5.74, 6) is 0. The predicted molar refractivity (Wildman–Crippen MR) is 55.8 cm³/mol. The molecular formula is C11H17N3. The summed E-state index contributed by atoms with van der Waals surface area (Å²) >= 11 is 0. The molecule has 0 N–H and O–H groups in total. The molecule has 0 aliphatic rings. The number of nitrogens with zero attached hydrogens (tertiary/aromatic N) is 3. The molecule has 0 aromatic carbocycles. The van der Waals surface area contributed by atoms with Crippen molar-refractivity contribution in [2.24, 2.45) is 0 Å². The fourth-order valence-corrected chi connectivity index (χ4v) is 1.47. The van der Waals surface area contributed by atoms with Crippen molar-refractivity contribution in [2.45, 2.75) is 46.1 Å². The lowest BCUT2D eigenvalue weighted by atomic mass is 10.2. The highest BCUT2D eigenvalue weighted by molar-refractivity contribution is 5.10. The highest BCUT2D eigenvalue weighted by Gasteiger charge is 2.03. The van der Waals surface area contributed by atoms with Gasteiger partial charge in [0.05, 0.1) is 11.8 Å². The van der Waals surface area contributed by atoms with Gasteiger partial charge in [0.15, 0.2) is 0 Å². The van der Waals surface area contributed by atoms with E-state index in [-0.39, 0.29) is 0 Å². The molecule has 3 heteroatoms. The first-order valence-electron chi connectivity index (χ1n) is 5.24. The van der Waals surface area contributed by atoms with Crippen molar-refractivity contribution >= 4 is 0 Å². The lowest BCUT2D eigenvalue weighted by Gasteiger charge is -2.02. The average molecular weight is 191 g/mol. The maximum atomic E-state index is 8.44. The van der Waals surface area contributed by atoms with E-state index >= 15 is 0 Å². The number of aryl methyl sites for hydroxylation is 3. The standard InChI is InChI=1S/C11H17N3/c1-3-10-9-11(4-2)14(13-10)8-6-5-7-12/h9H,3-6,8H2,1-2H3. The van der Waals surface area contributed by atoms with Gasteiger partial charge in [-0.15, -0.1) is 0 Å². The van der Waals surface area contributed by atoms with Gasteiger partial charge in [-0.3, -0.25) is 4.68 Å². The highest BCUT2D eigenvalue weighted by Crippen LogP contribution is 2.07. The fourth-order valence-electron chi connectivity index (χ4n) is 1.47. The van der Waals surface area contributed by atoms with Gasteiger partial charge in [-0.1, -0.05) is 13.8 Å². The minimum absolute atomic E-state index is 0.616. The molecule has 0 unspecified atom stereocenters. The molecular weight excluding hydrogens is 174 g/mol. The van der Waals surface area contributed by atoms with Crippen molar-refractivity contribution in [3.05, 3.63) is 17.5 Å².